The van der Waals surface area contributed by atoms with Crippen molar-refractivity contribution in [3.8, 4) is 0 Å². The molecule has 60 valence electrons. The molecule has 1 N–H and O–H groups in total. The van der Waals surface area contributed by atoms with Crippen LogP contribution in [0.25, 0.3) is 0 Å². The van der Waals surface area contributed by atoms with E-state index in [1.54, 1.807) is 8.93 Å². The zero-order valence-electron chi connectivity index (χ0n) is 6.09. The van der Waals surface area contributed by atoms with Crippen molar-refractivity contribution in [1.82, 2.24) is 5.32 Å². The van der Waals surface area contributed by atoms with E-state index in [4.69, 9.17) is 0 Å². The zero-order valence-corrected chi connectivity index (χ0v) is 9.06. The van der Waals surface area contributed by atoms with E-state index in [1.165, 1.54) is 5.56 Å². The van der Waals surface area contributed by atoms with Gasteiger partial charge in [0.2, 0.25) is 0 Å². The normalized spacial score (nSPS) is 9.91. The van der Waals surface area contributed by atoms with Gasteiger partial charge < -0.3 is 5.32 Å². The molecule has 0 heterocycles. The van der Waals surface area contributed by atoms with Gasteiger partial charge in [-0.05, 0) is 26.8 Å². The largest absolute Gasteiger partial charge is 0.303 e. The smallest absolute Gasteiger partial charge is 0.0522 e. The Balaban J connectivity index is 2.28. The third-order valence-corrected chi connectivity index (χ3v) is 2.58. The highest BCUT2D eigenvalue weighted by Crippen LogP contribution is 2.07. The number of nitrogens with one attached hydrogen (secondary N) is 1. The van der Waals surface area contributed by atoms with Gasteiger partial charge in [0.1, 0.15) is 0 Å². The average molecular weight is 279 g/mol. The zero-order chi connectivity index (χ0) is 7.94. The van der Waals surface area contributed by atoms with E-state index in [0.717, 1.165) is 12.4 Å². The Kier molecular flexibility index (Phi) is 4.97. The van der Waals surface area contributed by atoms with E-state index >= 15 is 0 Å². The predicted molar refractivity (Wildman–Crippen MR) is 59.8 cm³/mol. The summed E-state index contributed by atoms with van der Waals surface area (Å²) >= 11 is 2.28. The predicted octanol–water partition coefficient (Wildman–Crippen LogP) is 2.82. The van der Waals surface area contributed by atoms with Crippen molar-refractivity contribution < 1.29 is 0 Å². The minimum atomic E-state index is 0.969. The first-order valence-corrected chi connectivity index (χ1v) is 6.94. The molecular weight excluding hydrogens is 269 g/mol. The van der Waals surface area contributed by atoms with Crippen LogP contribution in [0.5, 0.6) is 0 Å². The van der Waals surface area contributed by atoms with E-state index in [1.807, 2.05) is 6.07 Å². The van der Waals surface area contributed by atoms with Gasteiger partial charge in [-0.3, -0.25) is 0 Å². The molecule has 1 aromatic rings. The number of hydrogen-bond donors (Lipinski definition) is 1. The van der Waals surface area contributed by atoms with Crippen LogP contribution in [0.15, 0.2) is 30.3 Å². The topological polar surface area (TPSA) is 12.0 Å². The maximum atomic E-state index is 3.31. The first-order chi connectivity index (χ1) is 5.43. The Bertz CT molecular complexity index is 191. The summed E-state index contributed by atoms with van der Waals surface area (Å²) in [5.74, 6) is 1.01. The summed E-state index contributed by atoms with van der Waals surface area (Å²) in [6, 6.07) is 10.4. The van der Waals surface area contributed by atoms with Gasteiger partial charge in [-0.25, -0.2) is 0 Å². The fourth-order valence-electron chi connectivity index (χ4n) is 0.830. The first kappa shape index (κ1) is 9.35. The third kappa shape index (κ3) is 3.98. The van der Waals surface area contributed by atoms with Crippen molar-refractivity contribution in [2.45, 2.75) is 6.54 Å². The summed E-state index contributed by atoms with van der Waals surface area (Å²) in [4.78, 5) is 0. The molecule has 11 heavy (non-hydrogen) atoms. The van der Waals surface area contributed by atoms with Crippen LogP contribution >= 0.6 is 30.1 Å². The Morgan fingerprint density at radius 2 is 2.00 bits per heavy atom. The molecule has 0 atom stereocenters. The van der Waals surface area contributed by atoms with Gasteiger partial charge in [0, 0.05) is 6.54 Å². The Morgan fingerprint density at radius 1 is 1.27 bits per heavy atom. The molecule has 1 nitrogen and oxygen atoms in total. The maximum Gasteiger partial charge on any atom is 0.0522 e. The molecule has 0 unspecified atom stereocenters. The van der Waals surface area contributed by atoms with Crippen LogP contribution < -0.4 is 5.32 Å². The maximum absolute atomic E-state index is 3.31. The lowest BCUT2D eigenvalue weighted by Gasteiger charge is -2.00. The van der Waals surface area contributed by atoms with Crippen LogP contribution in [0, 0.1) is 0 Å². The van der Waals surface area contributed by atoms with E-state index < -0.39 is 0 Å². The van der Waals surface area contributed by atoms with Crippen LogP contribution in [-0.4, -0.2) is 5.88 Å². The van der Waals surface area contributed by atoms with Crippen LogP contribution in [0.3, 0.4) is 0 Å². The second-order valence-electron chi connectivity index (χ2n) is 2.17. The van der Waals surface area contributed by atoms with Crippen molar-refractivity contribution in [1.29, 1.82) is 0 Å². The fraction of sp³-hybridized carbons (Fsp3) is 0.250. The minimum Gasteiger partial charge on any atom is -0.303 e. The van der Waals surface area contributed by atoms with Crippen LogP contribution in [0.2, 0.25) is 0 Å². The number of hydrogen-bond acceptors (Lipinski definition) is 2. The molecule has 0 aliphatic carbocycles. The second kappa shape index (κ2) is 5.85. The molecule has 0 aliphatic rings. The lowest BCUT2D eigenvalue weighted by atomic mass is 10.2. The molecule has 0 radical (unpaired) electrons. The van der Waals surface area contributed by atoms with Crippen molar-refractivity contribution in [2.24, 2.45) is 0 Å². The number of benzene rings is 1. The molecule has 0 saturated carbocycles. The highest BCUT2D eigenvalue weighted by atomic mass is 127. The minimum absolute atomic E-state index is 0.969. The molecule has 0 saturated heterocycles. The summed E-state index contributed by atoms with van der Waals surface area (Å²) in [5, 5.41) is 3.31. The fourth-order valence-corrected chi connectivity index (χ4v) is 1.67. The van der Waals surface area contributed by atoms with Crippen molar-refractivity contribution in [3.05, 3.63) is 35.9 Å². The van der Waals surface area contributed by atoms with Gasteiger partial charge in [-0.15, -0.1) is 0 Å². The third-order valence-electron chi connectivity index (χ3n) is 1.33. The lowest BCUT2D eigenvalue weighted by molar-refractivity contribution is 0.798. The van der Waals surface area contributed by atoms with E-state index in [9.17, 15) is 0 Å². The van der Waals surface area contributed by atoms with Gasteiger partial charge in [0.25, 0.3) is 0 Å². The highest BCUT2D eigenvalue weighted by molar-refractivity contribution is 14.2. The number of rotatable bonds is 4. The van der Waals surface area contributed by atoms with Crippen LogP contribution in [0.4, 0.5) is 0 Å². The average Bonchev–Trinajstić information content (AvgIpc) is 2.07. The van der Waals surface area contributed by atoms with E-state index in [0.29, 0.717) is 0 Å². The second-order valence-corrected chi connectivity index (χ2v) is 4.54. The molecule has 0 aliphatic heterocycles. The summed E-state index contributed by atoms with van der Waals surface area (Å²) < 4.78 is 0. The Hall–Kier alpha value is 0.260. The monoisotopic (exact) mass is 279 g/mol. The molecule has 0 bridgehead atoms. The summed E-state index contributed by atoms with van der Waals surface area (Å²) in [7, 11) is 1.78. The summed E-state index contributed by atoms with van der Waals surface area (Å²) in [6.45, 7) is 0.969. The number of halogens is 1. The standard InChI is InChI=1S/C8H10INS/c9-11-7-10-6-8-4-2-1-3-5-8/h1-5,10H,6-7H2. The molecule has 3 heteroatoms. The highest BCUT2D eigenvalue weighted by Gasteiger charge is 1.88. The Labute approximate surface area is 83.5 Å². The molecule has 0 aromatic heterocycles. The molecule has 0 amide bonds. The molecular formula is C8H10INS. The van der Waals surface area contributed by atoms with Gasteiger partial charge >= 0.3 is 0 Å². The van der Waals surface area contributed by atoms with Gasteiger partial charge in [0.15, 0.2) is 0 Å². The van der Waals surface area contributed by atoms with Crippen molar-refractivity contribution >= 4 is 30.1 Å². The molecule has 0 fully saturated rings. The SMILES string of the molecule is ISCNCc1ccccc1. The molecule has 0 spiro atoms. The first-order valence-electron chi connectivity index (χ1n) is 3.41. The van der Waals surface area contributed by atoms with Gasteiger partial charge in [-0.1, -0.05) is 39.3 Å². The molecule has 1 aromatic carbocycles. The van der Waals surface area contributed by atoms with Crippen LogP contribution in [0.1, 0.15) is 5.56 Å². The van der Waals surface area contributed by atoms with Gasteiger partial charge in [0.05, 0.1) is 5.88 Å². The summed E-state index contributed by atoms with van der Waals surface area (Å²) in [6.07, 6.45) is 0. The summed E-state index contributed by atoms with van der Waals surface area (Å²) in [5.41, 5.74) is 1.35. The van der Waals surface area contributed by atoms with E-state index in [2.05, 4.69) is 50.8 Å². The lowest BCUT2D eigenvalue weighted by Crippen LogP contribution is -2.10. The quantitative estimate of drug-likeness (QED) is 0.517. The van der Waals surface area contributed by atoms with Crippen LogP contribution in [-0.2, 0) is 6.54 Å². The Morgan fingerprint density at radius 3 is 2.64 bits per heavy atom. The van der Waals surface area contributed by atoms with Gasteiger partial charge in [-0.2, -0.15) is 0 Å². The van der Waals surface area contributed by atoms with Crippen molar-refractivity contribution in [3.63, 3.8) is 0 Å². The van der Waals surface area contributed by atoms with Crippen molar-refractivity contribution in [2.75, 3.05) is 5.88 Å². The molecule has 1 rings (SSSR count). The van der Waals surface area contributed by atoms with E-state index in [-0.39, 0.29) is 0 Å².